The molecule has 0 radical (unpaired) electrons. The Hall–Kier alpha value is -3.26. The molecule has 9 N–H and O–H groups in total. The summed E-state index contributed by atoms with van der Waals surface area (Å²) in [7, 11) is 0. The molecule has 3 aromatic rings. The fourth-order valence-electron chi connectivity index (χ4n) is 3.50. The average molecular weight is 501 g/mol. The lowest BCUT2D eigenvalue weighted by Gasteiger charge is -2.39. The highest BCUT2D eigenvalue weighted by atomic mass is 35.5. The standard InChI is InChI=1S/C21H20O12.ClH/c22-6-15-17(28)18(29)19(30)21(33-15)32-14-5-9-10(24)3-8(23)4-13(9)31-20(14)7-1-11(25)16(27)12(26)2-7;/h1-5,15,17-19,21-22,28-30H,6H2,(H4-,23,24,25,26,27);1H/t15-,17+,18+,19-,21-;/m1./s1. The molecule has 0 amide bonds. The number of hydrogen-bond donors (Lipinski definition) is 9. The highest BCUT2D eigenvalue weighted by molar-refractivity contribution is 5.88. The molecular formula is C21H21ClO12. The van der Waals surface area contributed by atoms with Crippen molar-refractivity contribution in [2.45, 2.75) is 30.7 Å². The number of aromatic hydroxyl groups is 5. The van der Waals surface area contributed by atoms with Gasteiger partial charge in [-0.15, -0.1) is 0 Å². The summed E-state index contributed by atoms with van der Waals surface area (Å²) in [5.74, 6) is -3.32. The van der Waals surface area contributed by atoms with E-state index in [1.807, 2.05) is 0 Å². The molecule has 1 aromatic heterocycles. The molecule has 13 heteroatoms. The number of aliphatic hydroxyl groups is 4. The Bertz CT molecular complexity index is 1180. The normalized spacial score (nSPS) is 24.5. The predicted octanol–water partition coefficient (Wildman–Crippen LogP) is -2.91. The molecular weight excluding hydrogens is 480 g/mol. The number of ether oxygens (including phenoxy) is 2. The lowest BCUT2D eigenvalue weighted by Crippen LogP contribution is -3.00. The summed E-state index contributed by atoms with van der Waals surface area (Å²) in [6, 6.07) is 5.51. The van der Waals surface area contributed by atoms with Crippen LogP contribution in [0.2, 0.25) is 0 Å². The third kappa shape index (κ3) is 4.42. The third-order valence-corrected chi connectivity index (χ3v) is 5.24. The van der Waals surface area contributed by atoms with E-state index in [4.69, 9.17) is 13.9 Å². The molecule has 0 unspecified atom stereocenters. The largest absolute Gasteiger partial charge is 1.00 e. The number of fused-ring (bicyclic) bond motifs is 1. The van der Waals surface area contributed by atoms with E-state index in [1.165, 1.54) is 12.1 Å². The molecule has 2 aromatic carbocycles. The van der Waals surface area contributed by atoms with E-state index >= 15 is 0 Å². The summed E-state index contributed by atoms with van der Waals surface area (Å²) in [5, 5.41) is 89.2. The first-order valence-electron chi connectivity index (χ1n) is 9.66. The van der Waals surface area contributed by atoms with E-state index in [2.05, 4.69) is 0 Å². The van der Waals surface area contributed by atoms with Gasteiger partial charge in [-0.25, -0.2) is 4.42 Å². The highest BCUT2D eigenvalue weighted by Gasteiger charge is 2.45. The maximum absolute atomic E-state index is 10.3. The van der Waals surface area contributed by atoms with Crippen LogP contribution in [0.5, 0.6) is 34.5 Å². The molecule has 12 nitrogen and oxygen atoms in total. The van der Waals surface area contributed by atoms with Crippen LogP contribution >= 0.6 is 0 Å². The number of phenolic OH excluding ortho intramolecular Hbond substituents is 5. The van der Waals surface area contributed by atoms with Gasteiger partial charge in [0.25, 0.3) is 0 Å². The molecule has 1 aliphatic heterocycles. The van der Waals surface area contributed by atoms with Crippen molar-refractivity contribution in [2.24, 2.45) is 0 Å². The zero-order valence-electron chi connectivity index (χ0n) is 17.1. The Kier molecular flexibility index (Phi) is 7.12. The highest BCUT2D eigenvalue weighted by Crippen LogP contribution is 2.44. The lowest BCUT2D eigenvalue weighted by atomic mass is 9.99. The molecule has 184 valence electrons. The first-order valence-corrected chi connectivity index (χ1v) is 9.66. The van der Waals surface area contributed by atoms with E-state index < -0.39 is 60.3 Å². The van der Waals surface area contributed by atoms with Gasteiger partial charge in [0.2, 0.25) is 12.0 Å². The number of benzene rings is 2. The molecule has 0 bridgehead atoms. The summed E-state index contributed by atoms with van der Waals surface area (Å²) >= 11 is 0. The van der Waals surface area contributed by atoms with Crippen LogP contribution in [0.1, 0.15) is 0 Å². The fourth-order valence-corrected chi connectivity index (χ4v) is 3.50. The molecule has 2 heterocycles. The van der Waals surface area contributed by atoms with Gasteiger partial charge in [0, 0.05) is 24.3 Å². The quantitative estimate of drug-likeness (QED) is 0.130. The minimum absolute atomic E-state index is 0. The zero-order chi connectivity index (χ0) is 24.0. The van der Waals surface area contributed by atoms with Crippen molar-refractivity contribution in [2.75, 3.05) is 6.61 Å². The average Bonchev–Trinajstić information content (AvgIpc) is 2.77. The predicted molar refractivity (Wildman–Crippen MR) is 109 cm³/mol. The van der Waals surface area contributed by atoms with Crippen LogP contribution in [-0.4, -0.2) is 83.3 Å². The molecule has 1 saturated heterocycles. The fraction of sp³-hybridized carbons (Fsp3) is 0.286. The maximum Gasteiger partial charge on any atom is 0.402 e. The van der Waals surface area contributed by atoms with Gasteiger partial charge in [-0.1, -0.05) is 0 Å². The van der Waals surface area contributed by atoms with Gasteiger partial charge in [0.1, 0.15) is 41.3 Å². The van der Waals surface area contributed by atoms with Crippen LogP contribution < -0.4 is 17.1 Å². The Morgan fingerprint density at radius 1 is 0.824 bits per heavy atom. The minimum atomic E-state index is -1.76. The Morgan fingerprint density at radius 2 is 1.47 bits per heavy atom. The van der Waals surface area contributed by atoms with E-state index in [-0.39, 0.29) is 46.2 Å². The van der Waals surface area contributed by atoms with Gasteiger partial charge >= 0.3 is 11.3 Å². The number of aliphatic hydroxyl groups excluding tert-OH is 4. The molecule has 5 atom stereocenters. The molecule has 1 aliphatic rings. The summed E-state index contributed by atoms with van der Waals surface area (Å²) in [5.41, 5.74) is -0.0529. The molecule has 1 fully saturated rings. The van der Waals surface area contributed by atoms with Crippen molar-refractivity contribution in [1.29, 1.82) is 0 Å². The van der Waals surface area contributed by atoms with Gasteiger partial charge < -0.3 is 67.8 Å². The second kappa shape index (κ2) is 9.54. The number of hydrogen-bond acceptors (Lipinski definition) is 11. The van der Waals surface area contributed by atoms with Crippen molar-refractivity contribution in [3.05, 3.63) is 30.3 Å². The molecule has 4 rings (SSSR count). The molecule has 0 aliphatic carbocycles. The Labute approximate surface area is 197 Å². The van der Waals surface area contributed by atoms with Gasteiger partial charge in [0.05, 0.1) is 18.2 Å². The van der Waals surface area contributed by atoms with Crippen molar-refractivity contribution in [1.82, 2.24) is 0 Å². The second-order valence-electron chi connectivity index (χ2n) is 7.49. The van der Waals surface area contributed by atoms with Crippen LogP contribution in [0.3, 0.4) is 0 Å². The van der Waals surface area contributed by atoms with E-state index in [0.29, 0.717) is 0 Å². The summed E-state index contributed by atoms with van der Waals surface area (Å²) in [6.07, 6.45) is -7.99. The van der Waals surface area contributed by atoms with Crippen LogP contribution in [0, 0.1) is 0 Å². The van der Waals surface area contributed by atoms with Crippen molar-refractivity contribution in [3.8, 4) is 45.8 Å². The monoisotopic (exact) mass is 500 g/mol. The van der Waals surface area contributed by atoms with E-state index in [9.17, 15) is 46.0 Å². The first-order chi connectivity index (χ1) is 15.6. The third-order valence-electron chi connectivity index (χ3n) is 5.24. The van der Waals surface area contributed by atoms with Crippen LogP contribution in [0.15, 0.2) is 34.7 Å². The van der Waals surface area contributed by atoms with Gasteiger partial charge in [0.15, 0.2) is 17.2 Å². The summed E-state index contributed by atoms with van der Waals surface area (Å²) in [6.45, 7) is -0.695. The minimum Gasteiger partial charge on any atom is -1.00 e. The Morgan fingerprint density at radius 3 is 2.09 bits per heavy atom. The second-order valence-corrected chi connectivity index (χ2v) is 7.49. The number of phenols is 5. The number of rotatable bonds is 4. The van der Waals surface area contributed by atoms with Crippen LogP contribution in [0.25, 0.3) is 22.3 Å². The van der Waals surface area contributed by atoms with Crippen LogP contribution in [0.4, 0.5) is 0 Å². The number of halogens is 1. The van der Waals surface area contributed by atoms with Gasteiger partial charge in [-0.3, -0.25) is 0 Å². The maximum atomic E-state index is 10.3. The van der Waals surface area contributed by atoms with Crippen molar-refractivity contribution in [3.63, 3.8) is 0 Å². The molecule has 34 heavy (non-hydrogen) atoms. The molecule has 0 spiro atoms. The SMILES string of the molecule is OC[C@H]1O[C@@H](Oc2cc3c(O)cc(O)cc3[o+]c2-c2cc(O)c(O)c(O)c2)[C@H](O)[C@@H](O)[C@H]1O.[Cl-]. The summed E-state index contributed by atoms with van der Waals surface area (Å²) in [4.78, 5) is 0. The zero-order valence-corrected chi connectivity index (χ0v) is 17.9. The smallest absolute Gasteiger partial charge is 0.402 e. The lowest BCUT2D eigenvalue weighted by molar-refractivity contribution is -0.277. The Balaban J connectivity index is 0.00000324. The topological polar surface area (TPSA) is 212 Å². The van der Waals surface area contributed by atoms with Crippen molar-refractivity contribution >= 4 is 11.0 Å². The van der Waals surface area contributed by atoms with Gasteiger partial charge in [-0.2, -0.15) is 0 Å². The van der Waals surface area contributed by atoms with Crippen LogP contribution in [-0.2, 0) is 4.74 Å². The van der Waals surface area contributed by atoms with Gasteiger partial charge in [-0.05, 0) is 0 Å². The van der Waals surface area contributed by atoms with E-state index in [1.54, 1.807) is 0 Å². The van der Waals surface area contributed by atoms with Crippen molar-refractivity contribution < 1.29 is 72.3 Å². The first kappa shape index (κ1) is 25.4. The summed E-state index contributed by atoms with van der Waals surface area (Å²) < 4.78 is 16.7. The molecule has 0 saturated carbocycles. The van der Waals surface area contributed by atoms with E-state index in [0.717, 1.165) is 18.2 Å².